The van der Waals surface area contributed by atoms with Crippen LogP contribution in [0.15, 0.2) is 34.2 Å². The van der Waals surface area contributed by atoms with Crippen LogP contribution in [0.4, 0.5) is 5.13 Å². The summed E-state index contributed by atoms with van der Waals surface area (Å²) >= 11 is 4.84. The topological polar surface area (TPSA) is 48.7 Å². The number of nitriles is 1. The maximum Gasteiger partial charge on any atom is 0.184 e. The zero-order valence-electron chi connectivity index (χ0n) is 8.27. The summed E-state index contributed by atoms with van der Waals surface area (Å²) < 4.78 is 0.839. The first-order valence-corrected chi connectivity index (χ1v) is 6.29. The molecule has 0 unspecified atom stereocenters. The van der Waals surface area contributed by atoms with Crippen LogP contribution in [-0.2, 0) is 6.54 Å². The summed E-state index contributed by atoms with van der Waals surface area (Å²) in [5, 5.41) is 14.8. The number of nitrogens with one attached hydrogen (secondary N) is 1. The van der Waals surface area contributed by atoms with Gasteiger partial charge in [0.25, 0.3) is 0 Å². The van der Waals surface area contributed by atoms with E-state index in [2.05, 4.69) is 32.3 Å². The monoisotopic (exact) mass is 293 g/mol. The average Bonchev–Trinajstić information content (AvgIpc) is 2.73. The maximum atomic E-state index is 8.76. The van der Waals surface area contributed by atoms with Gasteiger partial charge in [0.15, 0.2) is 5.13 Å². The molecule has 3 nitrogen and oxygen atoms in total. The number of rotatable bonds is 3. The number of aromatic nitrogens is 1. The summed E-state index contributed by atoms with van der Waals surface area (Å²) in [5.41, 5.74) is 1.75. The van der Waals surface area contributed by atoms with E-state index < -0.39 is 0 Å². The van der Waals surface area contributed by atoms with Crippen molar-refractivity contribution >= 4 is 32.4 Å². The molecule has 0 aliphatic rings. The van der Waals surface area contributed by atoms with Gasteiger partial charge in [0.1, 0.15) is 4.60 Å². The molecule has 0 saturated heterocycles. The molecule has 2 aromatic rings. The standard InChI is InChI=1S/C11H8BrN3S/c12-10-7-16-11(15-10)14-6-9-3-1-2-8(4-9)5-13/h1-4,7H,6H2,(H,14,15). The quantitative estimate of drug-likeness (QED) is 0.944. The molecule has 0 radical (unpaired) electrons. The number of hydrogen-bond acceptors (Lipinski definition) is 4. The average molecular weight is 294 g/mol. The van der Waals surface area contributed by atoms with Crippen molar-refractivity contribution in [1.29, 1.82) is 5.26 Å². The van der Waals surface area contributed by atoms with Crippen LogP contribution in [-0.4, -0.2) is 4.98 Å². The Labute approximate surface area is 106 Å². The van der Waals surface area contributed by atoms with E-state index in [0.717, 1.165) is 15.3 Å². The Morgan fingerprint density at radius 2 is 2.38 bits per heavy atom. The Hall–Kier alpha value is -1.38. The molecule has 0 amide bonds. The predicted molar refractivity (Wildman–Crippen MR) is 68.3 cm³/mol. The number of thiazole rings is 1. The van der Waals surface area contributed by atoms with Crippen LogP contribution in [0.1, 0.15) is 11.1 Å². The molecule has 0 aliphatic heterocycles. The van der Waals surface area contributed by atoms with Crippen molar-refractivity contribution in [3.8, 4) is 6.07 Å². The Bertz CT molecular complexity index is 530. The summed E-state index contributed by atoms with van der Waals surface area (Å²) in [4.78, 5) is 4.23. The fourth-order valence-corrected chi connectivity index (χ4v) is 2.41. The lowest BCUT2D eigenvalue weighted by Gasteiger charge is -2.02. The molecular formula is C11H8BrN3S. The van der Waals surface area contributed by atoms with E-state index in [1.807, 2.05) is 23.6 Å². The van der Waals surface area contributed by atoms with Gasteiger partial charge >= 0.3 is 0 Å². The van der Waals surface area contributed by atoms with Crippen LogP contribution < -0.4 is 5.32 Å². The van der Waals surface area contributed by atoms with Gasteiger partial charge < -0.3 is 5.32 Å². The predicted octanol–water partition coefficient (Wildman–Crippen LogP) is 3.39. The molecule has 16 heavy (non-hydrogen) atoms. The lowest BCUT2D eigenvalue weighted by atomic mass is 10.1. The minimum atomic E-state index is 0.676. The smallest absolute Gasteiger partial charge is 0.184 e. The fraction of sp³-hybridized carbons (Fsp3) is 0.0909. The first-order chi connectivity index (χ1) is 7.78. The minimum absolute atomic E-state index is 0.676. The zero-order chi connectivity index (χ0) is 11.4. The lowest BCUT2D eigenvalue weighted by molar-refractivity contribution is 1.13. The highest BCUT2D eigenvalue weighted by molar-refractivity contribution is 9.10. The molecule has 1 aromatic carbocycles. The van der Waals surface area contributed by atoms with Gasteiger partial charge in [-0.15, -0.1) is 11.3 Å². The zero-order valence-corrected chi connectivity index (χ0v) is 10.7. The van der Waals surface area contributed by atoms with Crippen molar-refractivity contribution in [1.82, 2.24) is 4.98 Å². The lowest BCUT2D eigenvalue weighted by Crippen LogP contribution is -1.98. The second kappa shape index (κ2) is 5.10. The van der Waals surface area contributed by atoms with Crippen molar-refractivity contribution in [3.63, 3.8) is 0 Å². The number of anilines is 1. The third-order valence-corrected chi connectivity index (χ3v) is 3.49. The van der Waals surface area contributed by atoms with E-state index in [9.17, 15) is 0 Å². The van der Waals surface area contributed by atoms with Crippen molar-refractivity contribution < 1.29 is 0 Å². The van der Waals surface area contributed by atoms with Gasteiger partial charge in [-0.25, -0.2) is 4.98 Å². The largest absolute Gasteiger partial charge is 0.357 e. The third kappa shape index (κ3) is 2.81. The van der Waals surface area contributed by atoms with Crippen LogP contribution in [0.2, 0.25) is 0 Å². The van der Waals surface area contributed by atoms with Gasteiger partial charge in [-0.1, -0.05) is 12.1 Å². The summed E-state index contributed by atoms with van der Waals surface area (Å²) in [6, 6.07) is 9.65. The second-order valence-electron chi connectivity index (χ2n) is 3.14. The van der Waals surface area contributed by atoms with Crippen molar-refractivity contribution in [2.75, 3.05) is 5.32 Å². The molecule has 0 spiro atoms. The fourth-order valence-electron chi connectivity index (χ4n) is 1.26. The maximum absolute atomic E-state index is 8.76. The number of hydrogen-bond donors (Lipinski definition) is 1. The summed E-state index contributed by atoms with van der Waals surface area (Å²) in [7, 11) is 0. The van der Waals surface area contributed by atoms with Crippen LogP contribution in [0.25, 0.3) is 0 Å². The van der Waals surface area contributed by atoms with Crippen LogP contribution >= 0.6 is 27.3 Å². The molecule has 1 aromatic heterocycles. The molecule has 1 heterocycles. The molecule has 0 bridgehead atoms. The molecule has 5 heteroatoms. The highest BCUT2D eigenvalue weighted by Crippen LogP contribution is 2.20. The van der Waals surface area contributed by atoms with Crippen molar-refractivity contribution in [2.45, 2.75) is 6.54 Å². The number of halogens is 1. The SMILES string of the molecule is N#Cc1cccc(CNc2nc(Br)cs2)c1. The van der Waals surface area contributed by atoms with Gasteiger partial charge in [-0.2, -0.15) is 5.26 Å². The number of nitrogens with zero attached hydrogens (tertiary/aromatic N) is 2. The summed E-state index contributed by atoms with van der Waals surface area (Å²) in [6.07, 6.45) is 0. The van der Waals surface area contributed by atoms with Crippen molar-refractivity contribution in [2.24, 2.45) is 0 Å². The van der Waals surface area contributed by atoms with E-state index >= 15 is 0 Å². The molecule has 0 saturated carbocycles. The van der Waals surface area contributed by atoms with E-state index in [0.29, 0.717) is 12.1 Å². The summed E-state index contributed by atoms with van der Waals surface area (Å²) in [6.45, 7) is 0.676. The van der Waals surface area contributed by atoms with E-state index in [1.165, 1.54) is 0 Å². The highest BCUT2D eigenvalue weighted by atomic mass is 79.9. The minimum Gasteiger partial charge on any atom is -0.357 e. The first kappa shape index (κ1) is 11.1. The summed E-state index contributed by atoms with van der Waals surface area (Å²) in [5.74, 6) is 0. The Balaban J connectivity index is 2.02. The van der Waals surface area contributed by atoms with Crippen LogP contribution in [0.5, 0.6) is 0 Å². The third-order valence-electron chi connectivity index (χ3n) is 1.98. The van der Waals surface area contributed by atoms with E-state index in [4.69, 9.17) is 5.26 Å². The molecular weight excluding hydrogens is 286 g/mol. The highest BCUT2D eigenvalue weighted by Gasteiger charge is 1.99. The molecule has 0 aliphatic carbocycles. The van der Waals surface area contributed by atoms with E-state index in [1.54, 1.807) is 17.4 Å². The molecule has 2 rings (SSSR count). The van der Waals surface area contributed by atoms with Crippen molar-refractivity contribution in [3.05, 3.63) is 45.4 Å². The Morgan fingerprint density at radius 1 is 1.50 bits per heavy atom. The van der Waals surface area contributed by atoms with Gasteiger partial charge in [0.2, 0.25) is 0 Å². The molecule has 0 atom stereocenters. The molecule has 80 valence electrons. The Morgan fingerprint density at radius 3 is 3.06 bits per heavy atom. The first-order valence-electron chi connectivity index (χ1n) is 4.62. The van der Waals surface area contributed by atoms with Crippen LogP contribution in [0, 0.1) is 11.3 Å². The molecule has 1 N–H and O–H groups in total. The van der Waals surface area contributed by atoms with Gasteiger partial charge in [0, 0.05) is 11.9 Å². The Kier molecular flexibility index (Phi) is 3.54. The van der Waals surface area contributed by atoms with Gasteiger partial charge in [0.05, 0.1) is 11.6 Å². The normalized spacial score (nSPS) is 9.75. The molecule has 0 fully saturated rings. The van der Waals surface area contributed by atoms with E-state index in [-0.39, 0.29) is 0 Å². The second-order valence-corrected chi connectivity index (χ2v) is 4.81. The van der Waals surface area contributed by atoms with Crippen LogP contribution in [0.3, 0.4) is 0 Å². The number of benzene rings is 1. The van der Waals surface area contributed by atoms with Gasteiger partial charge in [-0.05, 0) is 33.6 Å². The van der Waals surface area contributed by atoms with Gasteiger partial charge in [-0.3, -0.25) is 0 Å².